The maximum absolute atomic E-state index is 11.9. The van der Waals surface area contributed by atoms with Crippen LogP contribution in [-0.4, -0.2) is 16.8 Å². The topological polar surface area (TPSA) is 49.8 Å². The molecule has 0 unspecified atom stereocenters. The first-order chi connectivity index (χ1) is 8.13. The molecule has 1 aromatic heterocycles. The molecule has 0 aliphatic carbocycles. The lowest BCUT2D eigenvalue weighted by Gasteiger charge is -2.02. The lowest BCUT2D eigenvalue weighted by molar-refractivity contribution is 0.734. The molecule has 2 rings (SSSR count). The van der Waals surface area contributed by atoms with Crippen LogP contribution in [0.5, 0.6) is 0 Å². The number of H-pyrrole nitrogens is 1. The fourth-order valence-electron chi connectivity index (χ4n) is 1.90. The van der Waals surface area contributed by atoms with Crippen LogP contribution in [0.3, 0.4) is 0 Å². The van der Waals surface area contributed by atoms with Crippen LogP contribution in [-0.2, 0) is 13.6 Å². The van der Waals surface area contributed by atoms with Crippen molar-refractivity contribution < 1.29 is 0 Å². The van der Waals surface area contributed by atoms with Crippen LogP contribution in [0.2, 0.25) is 0 Å². The predicted molar refractivity (Wildman–Crippen MR) is 69.0 cm³/mol. The number of hydrogen-bond acceptors (Lipinski definition) is 2. The quantitative estimate of drug-likeness (QED) is 0.839. The summed E-state index contributed by atoms with van der Waals surface area (Å²) >= 11 is 0. The highest BCUT2D eigenvalue weighted by atomic mass is 16.1. The highest BCUT2D eigenvalue weighted by Gasteiger charge is 2.12. The van der Waals surface area contributed by atoms with Crippen LogP contribution >= 0.6 is 0 Å². The molecule has 0 atom stereocenters. The van der Waals surface area contributed by atoms with E-state index in [4.69, 9.17) is 0 Å². The van der Waals surface area contributed by atoms with Gasteiger partial charge in [-0.05, 0) is 19.5 Å². The highest BCUT2D eigenvalue weighted by Crippen LogP contribution is 2.19. The summed E-state index contributed by atoms with van der Waals surface area (Å²) in [7, 11) is 3.57. The second-order valence-corrected chi connectivity index (χ2v) is 4.23. The summed E-state index contributed by atoms with van der Waals surface area (Å²) in [5, 5.41) is 6.12. The Labute approximate surface area is 100 Å². The van der Waals surface area contributed by atoms with Crippen molar-refractivity contribution in [1.82, 2.24) is 15.1 Å². The van der Waals surface area contributed by atoms with Gasteiger partial charge in [-0.2, -0.15) is 0 Å². The summed E-state index contributed by atoms with van der Waals surface area (Å²) in [5.74, 6) is 0. The monoisotopic (exact) mass is 231 g/mol. The number of aromatic amines is 1. The Balaban J connectivity index is 2.54. The second-order valence-electron chi connectivity index (χ2n) is 4.23. The van der Waals surface area contributed by atoms with Crippen LogP contribution in [0.25, 0.3) is 11.3 Å². The van der Waals surface area contributed by atoms with Gasteiger partial charge in [-0.15, -0.1) is 0 Å². The fourth-order valence-corrected chi connectivity index (χ4v) is 1.90. The van der Waals surface area contributed by atoms with Gasteiger partial charge in [0.2, 0.25) is 0 Å². The number of nitrogens with one attached hydrogen (secondary N) is 2. The lowest BCUT2D eigenvalue weighted by atomic mass is 10.1. The fraction of sp³-hybridized carbons (Fsp3) is 0.308. The molecule has 0 radical (unpaired) electrons. The molecule has 1 aromatic carbocycles. The molecule has 2 N–H and O–H groups in total. The minimum atomic E-state index is 0.0231. The van der Waals surface area contributed by atoms with Gasteiger partial charge < -0.3 is 5.32 Å². The van der Waals surface area contributed by atoms with Gasteiger partial charge in [0.15, 0.2) is 0 Å². The molecule has 4 nitrogen and oxygen atoms in total. The molecule has 90 valence electrons. The van der Waals surface area contributed by atoms with Crippen LogP contribution in [0.4, 0.5) is 0 Å². The molecule has 0 fully saturated rings. The molecule has 17 heavy (non-hydrogen) atoms. The number of aromatic nitrogens is 2. The van der Waals surface area contributed by atoms with Crippen molar-refractivity contribution >= 4 is 0 Å². The Morgan fingerprint density at radius 2 is 1.94 bits per heavy atom. The second kappa shape index (κ2) is 4.59. The van der Waals surface area contributed by atoms with Crippen molar-refractivity contribution in [1.29, 1.82) is 0 Å². The average Bonchev–Trinajstić information content (AvgIpc) is 2.59. The van der Waals surface area contributed by atoms with E-state index >= 15 is 0 Å². The van der Waals surface area contributed by atoms with Crippen molar-refractivity contribution in [3.05, 3.63) is 45.7 Å². The Bertz CT molecular complexity index is 563. The molecule has 4 heteroatoms. The number of rotatable bonds is 3. The molecule has 0 saturated heterocycles. The maximum Gasteiger partial charge on any atom is 0.271 e. The molecule has 0 bridgehead atoms. The van der Waals surface area contributed by atoms with E-state index in [0.717, 1.165) is 16.8 Å². The number of nitrogens with zero attached hydrogens (tertiary/aromatic N) is 1. The third-order valence-corrected chi connectivity index (χ3v) is 2.84. The van der Waals surface area contributed by atoms with Gasteiger partial charge in [-0.25, -0.2) is 0 Å². The Kier molecular flexibility index (Phi) is 3.15. The van der Waals surface area contributed by atoms with E-state index in [1.54, 1.807) is 7.05 Å². The summed E-state index contributed by atoms with van der Waals surface area (Å²) in [5.41, 5.74) is 3.95. The molecule has 0 amide bonds. The molecule has 0 saturated carbocycles. The van der Waals surface area contributed by atoms with Gasteiger partial charge in [-0.3, -0.25) is 14.6 Å². The molecular formula is C13H17N3O. The van der Waals surface area contributed by atoms with Gasteiger partial charge in [0.05, 0.1) is 11.3 Å². The van der Waals surface area contributed by atoms with Gasteiger partial charge in [-0.1, -0.05) is 29.8 Å². The van der Waals surface area contributed by atoms with Crippen LogP contribution in [0.1, 0.15) is 11.1 Å². The van der Waals surface area contributed by atoms with Gasteiger partial charge in [0, 0.05) is 13.6 Å². The summed E-state index contributed by atoms with van der Waals surface area (Å²) in [6.07, 6.45) is 0. The maximum atomic E-state index is 11.9. The Hall–Kier alpha value is -1.81. The van der Waals surface area contributed by atoms with Crippen molar-refractivity contribution in [2.45, 2.75) is 13.5 Å². The van der Waals surface area contributed by atoms with Crippen LogP contribution < -0.4 is 10.9 Å². The van der Waals surface area contributed by atoms with Gasteiger partial charge >= 0.3 is 0 Å². The molecule has 1 heterocycles. The van der Waals surface area contributed by atoms with E-state index in [0.29, 0.717) is 6.54 Å². The van der Waals surface area contributed by atoms with E-state index < -0.39 is 0 Å². The largest absolute Gasteiger partial charge is 0.315 e. The smallest absolute Gasteiger partial charge is 0.271 e. The Morgan fingerprint density at radius 1 is 1.29 bits per heavy atom. The SMILES string of the molecule is CNCc1c(-c2ccc(C)cc2)[nH]n(C)c1=O. The minimum absolute atomic E-state index is 0.0231. The van der Waals surface area contributed by atoms with Crippen molar-refractivity contribution in [2.24, 2.45) is 7.05 Å². The van der Waals surface area contributed by atoms with E-state index in [-0.39, 0.29) is 5.56 Å². The third-order valence-electron chi connectivity index (χ3n) is 2.84. The van der Waals surface area contributed by atoms with Crippen molar-refractivity contribution in [3.8, 4) is 11.3 Å². The zero-order valence-corrected chi connectivity index (χ0v) is 10.4. The molecule has 0 aliphatic heterocycles. The lowest BCUT2D eigenvalue weighted by Crippen LogP contribution is -2.19. The molecular weight excluding hydrogens is 214 g/mol. The van der Waals surface area contributed by atoms with E-state index in [9.17, 15) is 4.79 Å². The van der Waals surface area contributed by atoms with Crippen molar-refractivity contribution in [3.63, 3.8) is 0 Å². The first-order valence-electron chi connectivity index (χ1n) is 5.63. The molecule has 0 spiro atoms. The van der Waals surface area contributed by atoms with Crippen LogP contribution in [0.15, 0.2) is 29.1 Å². The van der Waals surface area contributed by atoms with Crippen LogP contribution in [0, 0.1) is 6.92 Å². The summed E-state index contributed by atoms with van der Waals surface area (Å²) in [6, 6.07) is 8.15. The Morgan fingerprint density at radius 3 is 2.53 bits per heavy atom. The summed E-state index contributed by atoms with van der Waals surface area (Å²) in [6.45, 7) is 2.62. The first-order valence-corrected chi connectivity index (χ1v) is 5.63. The average molecular weight is 231 g/mol. The van der Waals surface area contributed by atoms with Gasteiger partial charge in [0.25, 0.3) is 5.56 Å². The summed E-state index contributed by atoms with van der Waals surface area (Å²) < 4.78 is 1.52. The number of benzene rings is 1. The van der Waals surface area contributed by atoms with E-state index in [2.05, 4.69) is 10.4 Å². The van der Waals surface area contributed by atoms with E-state index in [1.165, 1.54) is 10.2 Å². The predicted octanol–water partition coefficient (Wildman–Crippen LogP) is 1.41. The van der Waals surface area contributed by atoms with E-state index in [1.807, 2.05) is 38.2 Å². The number of aryl methyl sites for hydroxylation is 2. The molecule has 2 aromatic rings. The highest BCUT2D eigenvalue weighted by molar-refractivity contribution is 5.62. The van der Waals surface area contributed by atoms with Gasteiger partial charge in [0.1, 0.15) is 0 Å². The first kappa shape index (κ1) is 11.7. The standard InChI is InChI=1S/C13H17N3O/c1-9-4-6-10(7-5-9)12-11(8-14-2)13(17)16(3)15-12/h4-7,14-15H,8H2,1-3H3. The minimum Gasteiger partial charge on any atom is -0.315 e. The number of hydrogen-bond donors (Lipinski definition) is 2. The normalized spacial score (nSPS) is 10.8. The summed E-state index contributed by atoms with van der Waals surface area (Å²) in [4.78, 5) is 11.9. The molecule has 0 aliphatic rings. The van der Waals surface area contributed by atoms with Crippen molar-refractivity contribution in [2.75, 3.05) is 7.05 Å². The zero-order chi connectivity index (χ0) is 12.4. The zero-order valence-electron chi connectivity index (χ0n) is 10.4. The third kappa shape index (κ3) is 2.17.